The number of halogens is 1. The molecule has 1 aliphatic rings. The maximum Gasteiger partial charge on any atom is 0.0410 e. The number of hydrogen-bond donors (Lipinski definition) is 0. The predicted molar refractivity (Wildman–Crippen MR) is 64.7 cm³/mol. The Kier molecular flexibility index (Phi) is 3.72. The van der Waals surface area contributed by atoms with E-state index < -0.39 is 0 Å². The molecule has 0 radical (unpaired) electrons. The van der Waals surface area contributed by atoms with Gasteiger partial charge in [0.1, 0.15) is 0 Å². The van der Waals surface area contributed by atoms with E-state index in [1.807, 2.05) is 12.4 Å². The first-order chi connectivity index (χ1) is 7.24. The fourth-order valence-corrected chi connectivity index (χ4v) is 2.22. The van der Waals surface area contributed by atoms with E-state index in [9.17, 15) is 0 Å². The first-order valence-corrected chi connectivity index (χ1v) is 6.03. The summed E-state index contributed by atoms with van der Waals surface area (Å²) in [6, 6.07) is 2.14. The van der Waals surface area contributed by atoms with Crippen LogP contribution in [0, 0.1) is 0 Å². The quantitative estimate of drug-likeness (QED) is 0.813. The first kappa shape index (κ1) is 11.0. The summed E-state index contributed by atoms with van der Waals surface area (Å²) in [4.78, 5) is 9.03. The molecule has 4 heteroatoms. The van der Waals surface area contributed by atoms with Gasteiger partial charge in [-0.05, 0) is 34.6 Å². The number of piperazine rings is 1. The summed E-state index contributed by atoms with van der Waals surface area (Å²) in [6.07, 6.45) is 3.77. The molecule has 0 atom stereocenters. The van der Waals surface area contributed by atoms with Crippen molar-refractivity contribution in [2.75, 3.05) is 33.2 Å². The van der Waals surface area contributed by atoms with E-state index in [2.05, 4.69) is 43.8 Å². The van der Waals surface area contributed by atoms with Gasteiger partial charge in [-0.1, -0.05) is 0 Å². The highest BCUT2D eigenvalue weighted by Gasteiger charge is 2.13. The molecule has 0 saturated carbocycles. The largest absolute Gasteiger partial charge is 0.304 e. The third kappa shape index (κ3) is 3.26. The van der Waals surface area contributed by atoms with Gasteiger partial charge in [0.15, 0.2) is 0 Å². The van der Waals surface area contributed by atoms with E-state index in [1.165, 1.54) is 18.7 Å². The molecule has 1 saturated heterocycles. The fourth-order valence-electron chi connectivity index (χ4n) is 1.81. The zero-order valence-electron chi connectivity index (χ0n) is 8.99. The fraction of sp³-hybridized carbons (Fsp3) is 0.545. The molecule has 82 valence electrons. The van der Waals surface area contributed by atoms with Crippen LogP contribution in [-0.2, 0) is 6.54 Å². The van der Waals surface area contributed by atoms with Crippen LogP contribution in [0.25, 0.3) is 0 Å². The van der Waals surface area contributed by atoms with Gasteiger partial charge in [0, 0.05) is 49.6 Å². The van der Waals surface area contributed by atoms with Crippen LogP contribution >= 0.6 is 15.9 Å². The number of hydrogen-bond acceptors (Lipinski definition) is 3. The maximum atomic E-state index is 4.18. The van der Waals surface area contributed by atoms with E-state index in [0.29, 0.717) is 0 Å². The molecule has 0 aliphatic carbocycles. The molecule has 15 heavy (non-hydrogen) atoms. The van der Waals surface area contributed by atoms with Crippen molar-refractivity contribution in [3.63, 3.8) is 0 Å². The average Bonchev–Trinajstić information content (AvgIpc) is 2.22. The second kappa shape index (κ2) is 5.05. The minimum absolute atomic E-state index is 1.01. The predicted octanol–water partition coefficient (Wildman–Crippen LogP) is 1.59. The van der Waals surface area contributed by atoms with Crippen LogP contribution in [0.3, 0.4) is 0 Å². The summed E-state index contributed by atoms with van der Waals surface area (Å²) in [5.41, 5.74) is 1.29. The molecule has 0 unspecified atom stereocenters. The molecule has 1 aromatic rings. The van der Waals surface area contributed by atoms with Crippen LogP contribution < -0.4 is 0 Å². The van der Waals surface area contributed by atoms with Gasteiger partial charge < -0.3 is 4.90 Å². The van der Waals surface area contributed by atoms with Crippen molar-refractivity contribution in [2.24, 2.45) is 0 Å². The molecule has 2 rings (SSSR count). The number of nitrogens with zero attached hydrogens (tertiary/aromatic N) is 3. The number of aromatic nitrogens is 1. The molecular formula is C11H16BrN3. The van der Waals surface area contributed by atoms with Gasteiger partial charge in [-0.15, -0.1) is 0 Å². The summed E-state index contributed by atoms with van der Waals surface area (Å²) < 4.78 is 1.06. The Morgan fingerprint density at radius 1 is 1.27 bits per heavy atom. The first-order valence-electron chi connectivity index (χ1n) is 5.24. The van der Waals surface area contributed by atoms with Gasteiger partial charge in [-0.2, -0.15) is 0 Å². The summed E-state index contributed by atoms with van der Waals surface area (Å²) in [5, 5.41) is 0. The van der Waals surface area contributed by atoms with Crippen LogP contribution in [0.5, 0.6) is 0 Å². The van der Waals surface area contributed by atoms with Crippen molar-refractivity contribution in [3.8, 4) is 0 Å². The summed E-state index contributed by atoms with van der Waals surface area (Å²) in [5.74, 6) is 0. The number of likely N-dealkylation sites (N-methyl/N-ethyl adjacent to an activating group) is 1. The Bertz CT molecular complexity index is 321. The van der Waals surface area contributed by atoms with Gasteiger partial charge >= 0.3 is 0 Å². The molecule has 0 spiro atoms. The van der Waals surface area contributed by atoms with Crippen LogP contribution in [0.15, 0.2) is 22.9 Å². The molecule has 0 amide bonds. The average molecular weight is 270 g/mol. The van der Waals surface area contributed by atoms with E-state index >= 15 is 0 Å². The molecule has 1 aromatic heterocycles. The monoisotopic (exact) mass is 269 g/mol. The van der Waals surface area contributed by atoms with Crippen molar-refractivity contribution < 1.29 is 0 Å². The van der Waals surface area contributed by atoms with E-state index in [4.69, 9.17) is 0 Å². The highest BCUT2D eigenvalue weighted by atomic mass is 79.9. The molecule has 0 aromatic carbocycles. The second-order valence-corrected chi connectivity index (χ2v) is 5.01. The Hall–Kier alpha value is -0.450. The Labute approximate surface area is 99.2 Å². The van der Waals surface area contributed by atoms with Gasteiger partial charge in [0.25, 0.3) is 0 Å². The van der Waals surface area contributed by atoms with Gasteiger partial charge in [-0.25, -0.2) is 0 Å². The van der Waals surface area contributed by atoms with Crippen molar-refractivity contribution in [1.82, 2.24) is 14.8 Å². The van der Waals surface area contributed by atoms with Crippen LogP contribution in [0.1, 0.15) is 5.56 Å². The van der Waals surface area contributed by atoms with E-state index in [-0.39, 0.29) is 0 Å². The molecule has 0 N–H and O–H groups in total. The normalized spacial score (nSPS) is 19.3. The van der Waals surface area contributed by atoms with E-state index in [0.717, 1.165) is 24.1 Å². The third-order valence-corrected chi connectivity index (χ3v) is 3.20. The van der Waals surface area contributed by atoms with Crippen molar-refractivity contribution in [2.45, 2.75) is 6.54 Å². The lowest BCUT2D eigenvalue weighted by Crippen LogP contribution is -2.43. The highest BCUT2D eigenvalue weighted by Crippen LogP contribution is 2.12. The zero-order chi connectivity index (χ0) is 10.7. The van der Waals surface area contributed by atoms with Crippen molar-refractivity contribution in [3.05, 3.63) is 28.5 Å². The lowest BCUT2D eigenvalue weighted by Gasteiger charge is -2.32. The topological polar surface area (TPSA) is 19.4 Å². The zero-order valence-corrected chi connectivity index (χ0v) is 10.6. The molecule has 3 nitrogen and oxygen atoms in total. The van der Waals surface area contributed by atoms with Crippen LogP contribution in [0.2, 0.25) is 0 Å². The highest BCUT2D eigenvalue weighted by molar-refractivity contribution is 9.10. The minimum Gasteiger partial charge on any atom is -0.304 e. The smallest absolute Gasteiger partial charge is 0.0410 e. The Morgan fingerprint density at radius 3 is 2.67 bits per heavy atom. The van der Waals surface area contributed by atoms with Crippen molar-refractivity contribution >= 4 is 15.9 Å². The number of rotatable bonds is 2. The summed E-state index contributed by atoms with van der Waals surface area (Å²) >= 11 is 3.45. The lowest BCUT2D eigenvalue weighted by atomic mass is 10.2. The maximum absolute atomic E-state index is 4.18. The standard InChI is InChI=1S/C11H16BrN3/c1-14-2-4-15(5-3-14)9-10-6-11(12)8-13-7-10/h6-8H,2-5,9H2,1H3. The molecule has 1 aliphatic heterocycles. The van der Waals surface area contributed by atoms with Gasteiger partial charge in [0.2, 0.25) is 0 Å². The molecule has 2 heterocycles. The molecular weight excluding hydrogens is 254 g/mol. The SMILES string of the molecule is CN1CCN(Cc2cncc(Br)c2)CC1. The molecule has 1 fully saturated rings. The van der Waals surface area contributed by atoms with Gasteiger partial charge in [0.05, 0.1) is 0 Å². The summed E-state index contributed by atoms with van der Waals surface area (Å²) in [7, 11) is 2.18. The van der Waals surface area contributed by atoms with Gasteiger partial charge in [-0.3, -0.25) is 9.88 Å². The van der Waals surface area contributed by atoms with Crippen molar-refractivity contribution in [1.29, 1.82) is 0 Å². The second-order valence-electron chi connectivity index (χ2n) is 4.09. The Morgan fingerprint density at radius 2 is 2.00 bits per heavy atom. The third-order valence-electron chi connectivity index (χ3n) is 2.76. The van der Waals surface area contributed by atoms with Crippen LogP contribution in [0.4, 0.5) is 0 Å². The number of pyridine rings is 1. The minimum atomic E-state index is 1.01. The molecule has 0 bridgehead atoms. The van der Waals surface area contributed by atoms with Crippen LogP contribution in [-0.4, -0.2) is 48.0 Å². The Balaban J connectivity index is 1.92. The lowest BCUT2D eigenvalue weighted by molar-refractivity contribution is 0.148. The van der Waals surface area contributed by atoms with E-state index in [1.54, 1.807) is 0 Å². The summed E-state index contributed by atoms with van der Waals surface area (Å²) in [6.45, 7) is 5.66.